The lowest BCUT2D eigenvalue weighted by Crippen LogP contribution is -2.37. The van der Waals surface area contributed by atoms with E-state index in [0.717, 1.165) is 19.8 Å². The summed E-state index contributed by atoms with van der Waals surface area (Å²) in [6, 6.07) is 0. The zero-order chi connectivity index (χ0) is 12.6. The number of nitrogens with one attached hydrogen (secondary N) is 1. The van der Waals surface area contributed by atoms with Crippen LogP contribution in [0.15, 0.2) is 0 Å². The third kappa shape index (κ3) is 6.04. The van der Waals surface area contributed by atoms with Crippen LogP contribution in [0.4, 0.5) is 0 Å². The summed E-state index contributed by atoms with van der Waals surface area (Å²) in [5.41, 5.74) is 0. The predicted octanol–water partition coefficient (Wildman–Crippen LogP) is -0.0684. The van der Waals surface area contributed by atoms with E-state index in [0.29, 0.717) is 12.8 Å². The van der Waals surface area contributed by atoms with Gasteiger partial charge in [0, 0.05) is 13.2 Å². The fourth-order valence-corrected chi connectivity index (χ4v) is 2.01. The van der Waals surface area contributed by atoms with Gasteiger partial charge in [0.2, 0.25) is 10.0 Å². The average molecular weight is 253 g/mol. The molecule has 6 nitrogen and oxygen atoms in total. The molecule has 96 valence electrons. The molecule has 0 saturated heterocycles. The number of unbranched alkanes of at least 4 members (excludes halogenated alkanes) is 3. The standard InChI is InChI=1S/C9H19NO5S/c1-8(9(12)13)16(14,15)10-6-4-2-3-5-7-11/h8,10-11H,2-7H2,1H3,(H,12,13). The Labute approximate surface area is 95.7 Å². The van der Waals surface area contributed by atoms with Crippen LogP contribution < -0.4 is 4.72 Å². The monoisotopic (exact) mass is 253 g/mol. The molecule has 0 radical (unpaired) electrons. The van der Waals surface area contributed by atoms with Crippen molar-refractivity contribution in [3.63, 3.8) is 0 Å². The van der Waals surface area contributed by atoms with E-state index in [2.05, 4.69) is 4.72 Å². The Morgan fingerprint density at radius 1 is 1.25 bits per heavy atom. The maximum atomic E-state index is 11.3. The number of hydrogen-bond donors (Lipinski definition) is 3. The van der Waals surface area contributed by atoms with Gasteiger partial charge in [0.1, 0.15) is 0 Å². The maximum absolute atomic E-state index is 11.3. The molecule has 0 heterocycles. The highest BCUT2D eigenvalue weighted by atomic mass is 32.2. The molecular weight excluding hydrogens is 234 g/mol. The molecule has 0 aliphatic heterocycles. The average Bonchev–Trinajstić information content (AvgIpc) is 2.22. The number of aliphatic hydroxyl groups excluding tert-OH is 1. The van der Waals surface area contributed by atoms with E-state index in [1.807, 2.05) is 0 Å². The van der Waals surface area contributed by atoms with Gasteiger partial charge in [-0.3, -0.25) is 4.79 Å². The number of aliphatic hydroxyl groups is 1. The van der Waals surface area contributed by atoms with Gasteiger partial charge in [0.15, 0.2) is 5.25 Å². The van der Waals surface area contributed by atoms with Gasteiger partial charge in [-0.15, -0.1) is 0 Å². The highest BCUT2D eigenvalue weighted by Gasteiger charge is 2.26. The first-order chi connectivity index (χ1) is 7.41. The summed E-state index contributed by atoms with van der Waals surface area (Å²) in [7, 11) is -3.75. The molecule has 0 aromatic heterocycles. The number of rotatable bonds is 9. The molecule has 0 bridgehead atoms. The summed E-state index contributed by atoms with van der Waals surface area (Å²) in [6.07, 6.45) is 3.00. The molecule has 1 atom stereocenters. The van der Waals surface area contributed by atoms with Crippen LogP contribution in [0.25, 0.3) is 0 Å². The summed E-state index contributed by atoms with van der Waals surface area (Å²) in [5.74, 6) is -1.35. The Balaban J connectivity index is 3.79. The molecule has 0 amide bonds. The second-order valence-electron chi connectivity index (χ2n) is 3.56. The van der Waals surface area contributed by atoms with Crippen LogP contribution in [0, 0.1) is 0 Å². The van der Waals surface area contributed by atoms with Crippen molar-refractivity contribution in [1.82, 2.24) is 4.72 Å². The summed E-state index contributed by atoms with van der Waals surface area (Å²) in [4.78, 5) is 10.5. The van der Waals surface area contributed by atoms with Crippen LogP contribution in [0.1, 0.15) is 32.6 Å². The van der Waals surface area contributed by atoms with Gasteiger partial charge < -0.3 is 10.2 Å². The van der Waals surface area contributed by atoms with Crippen molar-refractivity contribution in [2.24, 2.45) is 0 Å². The molecular formula is C9H19NO5S. The molecule has 7 heteroatoms. The Morgan fingerprint density at radius 3 is 2.31 bits per heavy atom. The van der Waals surface area contributed by atoms with E-state index in [1.165, 1.54) is 0 Å². The molecule has 0 aromatic rings. The Morgan fingerprint density at radius 2 is 1.81 bits per heavy atom. The Bertz CT molecular complexity index is 301. The lowest BCUT2D eigenvalue weighted by atomic mass is 10.2. The zero-order valence-electron chi connectivity index (χ0n) is 9.35. The minimum Gasteiger partial charge on any atom is -0.480 e. The molecule has 0 rings (SSSR count). The second-order valence-corrected chi connectivity index (χ2v) is 5.64. The van der Waals surface area contributed by atoms with Crippen LogP contribution in [0.3, 0.4) is 0 Å². The summed E-state index contributed by atoms with van der Waals surface area (Å²) in [6.45, 7) is 1.52. The quantitative estimate of drug-likeness (QED) is 0.499. The minimum atomic E-state index is -3.75. The summed E-state index contributed by atoms with van der Waals surface area (Å²) < 4.78 is 24.9. The van der Waals surface area contributed by atoms with Gasteiger partial charge in [-0.1, -0.05) is 12.8 Å². The molecule has 3 N–H and O–H groups in total. The topological polar surface area (TPSA) is 104 Å². The van der Waals surface area contributed by atoms with Gasteiger partial charge >= 0.3 is 5.97 Å². The van der Waals surface area contributed by atoms with Crippen molar-refractivity contribution < 1.29 is 23.4 Å². The van der Waals surface area contributed by atoms with E-state index in [4.69, 9.17) is 10.2 Å². The van der Waals surface area contributed by atoms with Crippen molar-refractivity contribution >= 4 is 16.0 Å². The van der Waals surface area contributed by atoms with E-state index in [-0.39, 0.29) is 13.2 Å². The van der Waals surface area contributed by atoms with Crippen LogP contribution in [-0.4, -0.2) is 43.0 Å². The van der Waals surface area contributed by atoms with Crippen LogP contribution in [-0.2, 0) is 14.8 Å². The lowest BCUT2D eigenvalue weighted by Gasteiger charge is -2.09. The van der Waals surface area contributed by atoms with Crippen molar-refractivity contribution in [2.45, 2.75) is 37.9 Å². The Hall–Kier alpha value is -0.660. The highest BCUT2D eigenvalue weighted by molar-refractivity contribution is 7.90. The van der Waals surface area contributed by atoms with E-state index in [1.54, 1.807) is 0 Å². The molecule has 0 saturated carbocycles. The number of hydrogen-bond acceptors (Lipinski definition) is 4. The largest absolute Gasteiger partial charge is 0.480 e. The van der Waals surface area contributed by atoms with Crippen molar-refractivity contribution in [2.75, 3.05) is 13.2 Å². The molecule has 16 heavy (non-hydrogen) atoms. The SMILES string of the molecule is CC(C(=O)O)S(=O)(=O)NCCCCCCO. The first kappa shape index (κ1) is 15.3. The third-order valence-electron chi connectivity index (χ3n) is 2.20. The van der Waals surface area contributed by atoms with Gasteiger partial charge in [0.25, 0.3) is 0 Å². The molecule has 0 fully saturated rings. The highest BCUT2D eigenvalue weighted by Crippen LogP contribution is 2.01. The maximum Gasteiger partial charge on any atom is 0.323 e. The molecule has 0 aromatic carbocycles. The van der Waals surface area contributed by atoms with Crippen molar-refractivity contribution in [3.8, 4) is 0 Å². The number of carboxylic acid groups (broad SMARTS) is 1. The molecule has 0 aliphatic rings. The van der Waals surface area contributed by atoms with Crippen molar-refractivity contribution in [1.29, 1.82) is 0 Å². The number of carboxylic acids is 1. The molecule has 0 aliphatic carbocycles. The van der Waals surface area contributed by atoms with Gasteiger partial charge in [-0.05, 0) is 19.8 Å². The fourth-order valence-electron chi connectivity index (χ4n) is 1.06. The minimum absolute atomic E-state index is 0.141. The predicted molar refractivity (Wildman–Crippen MR) is 59.6 cm³/mol. The molecule has 1 unspecified atom stereocenters. The van der Waals surface area contributed by atoms with Crippen LogP contribution >= 0.6 is 0 Å². The zero-order valence-corrected chi connectivity index (χ0v) is 10.2. The summed E-state index contributed by atoms with van der Waals surface area (Å²) >= 11 is 0. The van der Waals surface area contributed by atoms with Gasteiger partial charge in [0.05, 0.1) is 0 Å². The fraction of sp³-hybridized carbons (Fsp3) is 0.889. The van der Waals surface area contributed by atoms with E-state index >= 15 is 0 Å². The third-order valence-corrected chi connectivity index (χ3v) is 3.94. The van der Waals surface area contributed by atoms with E-state index < -0.39 is 21.2 Å². The van der Waals surface area contributed by atoms with Gasteiger partial charge in [-0.25, -0.2) is 13.1 Å². The Kier molecular flexibility index (Phi) is 7.27. The second kappa shape index (κ2) is 7.59. The summed E-state index contributed by atoms with van der Waals surface area (Å²) in [5, 5.41) is 15.6. The first-order valence-corrected chi connectivity index (χ1v) is 6.78. The number of sulfonamides is 1. The molecule has 0 spiro atoms. The van der Waals surface area contributed by atoms with Crippen LogP contribution in [0.5, 0.6) is 0 Å². The van der Waals surface area contributed by atoms with Crippen LogP contribution in [0.2, 0.25) is 0 Å². The van der Waals surface area contributed by atoms with Crippen molar-refractivity contribution in [3.05, 3.63) is 0 Å². The number of carbonyl (C=O) groups is 1. The van der Waals surface area contributed by atoms with E-state index in [9.17, 15) is 13.2 Å². The lowest BCUT2D eigenvalue weighted by molar-refractivity contribution is -0.136. The van der Waals surface area contributed by atoms with Gasteiger partial charge in [-0.2, -0.15) is 0 Å². The first-order valence-electron chi connectivity index (χ1n) is 5.24. The smallest absolute Gasteiger partial charge is 0.323 e. The normalized spacial score (nSPS) is 13.6. The number of aliphatic carboxylic acids is 1.